The fourth-order valence-corrected chi connectivity index (χ4v) is 3.90. The highest BCUT2D eigenvalue weighted by molar-refractivity contribution is 7.89. The first-order valence-corrected chi connectivity index (χ1v) is 9.14. The minimum Gasteiger partial charge on any atom is -0.497 e. The van der Waals surface area contributed by atoms with Gasteiger partial charge in [0.1, 0.15) is 11.4 Å². The van der Waals surface area contributed by atoms with Crippen LogP contribution < -0.4 is 9.46 Å². The van der Waals surface area contributed by atoms with Crippen LogP contribution in [0.2, 0.25) is 0 Å². The second-order valence-electron chi connectivity index (χ2n) is 5.91. The first kappa shape index (κ1) is 19.0. The molecule has 1 aliphatic rings. The molecule has 0 saturated heterocycles. The molecular formula is C15H20F3NO4S. The highest BCUT2D eigenvalue weighted by Crippen LogP contribution is 2.36. The lowest BCUT2D eigenvalue weighted by molar-refractivity contribution is -0.130. The van der Waals surface area contributed by atoms with Crippen molar-refractivity contribution in [2.45, 2.75) is 37.5 Å². The Labute approximate surface area is 138 Å². The number of benzene rings is 1. The van der Waals surface area contributed by atoms with E-state index in [1.165, 1.54) is 7.11 Å². The number of nitrogens with one attached hydrogen (secondary N) is 1. The van der Waals surface area contributed by atoms with Gasteiger partial charge in [0.15, 0.2) is 0 Å². The summed E-state index contributed by atoms with van der Waals surface area (Å²) in [4.78, 5) is 0. The molecule has 0 amide bonds. The van der Waals surface area contributed by atoms with Crippen molar-refractivity contribution in [1.82, 2.24) is 4.72 Å². The van der Waals surface area contributed by atoms with Crippen molar-refractivity contribution in [3.8, 4) is 5.75 Å². The Morgan fingerprint density at radius 1 is 1.38 bits per heavy atom. The topological polar surface area (TPSA) is 75.6 Å². The molecule has 0 spiro atoms. The Morgan fingerprint density at radius 2 is 2.08 bits per heavy atom. The Bertz CT molecular complexity index is 690. The van der Waals surface area contributed by atoms with Crippen molar-refractivity contribution in [3.63, 3.8) is 0 Å². The summed E-state index contributed by atoms with van der Waals surface area (Å²) < 4.78 is 67.2. The predicted octanol–water partition coefficient (Wildman–Crippen LogP) is 2.09. The normalized spacial score (nSPS) is 21.4. The van der Waals surface area contributed by atoms with Crippen LogP contribution in [0.3, 0.4) is 0 Å². The van der Waals surface area contributed by atoms with Crippen LogP contribution in [0.1, 0.15) is 30.4 Å². The average molecular weight is 367 g/mol. The highest BCUT2D eigenvalue weighted by atomic mass is 32.2. The number of ether oxygens (including phenoxy) is 1. The zero-order valence-electron chi connectivity index (χ0n) is 13.2. The van der Waals surface area contributed by atoms with E-state index in [0.717, 1.165) is 12.0 Å². The lowest BCUT2D eigenvalue weighted by atomic mass is 9.79. The first-order chi connectivity index (χ1) is 11.0. The third-order valence-electron chi connectivity index (χ3n) is 4.09. The molecule has 0 aromatic heterocycles. The van der Waals surface area contributed by atoms with E-state index in [0.29, 0.717) is 24.2 Å². The molecule has 0 radical (unpaired) electrons. The van der Waals surface area contributed by atoms with Gasteiger partial charge < -0.3 is 9.84 Å². The molecule has 0 fully saturated rings. The molecule has 2 N–H and O–H groups in total. The zero-order valence-corrected chi connectivity index (χ0v) is 14.0. The number of fused-ring (bicyclic) bond motifs is 1. The van der Waals surface area contributed by atoms with Crippen molar-refractivity contribution in [2.75, 3.05) is 19.4 Å². The fourth-order valence-electron chi connectivity index (χ4n) is 2.80. The van der Waals surface area contributed by atoms with Crippen LogP contribution in [0.5, 0.6) is 5.75 Å². The van der Waals surface area contributed by atoms with E-state index in [1.807, 2.05) is 0 Å². The van der Waals surface area contributed by atoms with Crippen molar-refractivity contribution in [3.05, 3.63) is 29.3 Å². The van der Waals surface area contributed by atoms with Gasteiger partial charge in [0.25, 0.3) is 0 Å². The fraction of sp³-hybridized carbons (Fsp3) is 0.600. The molecule has 1 atom stereocenters. The molecular weight excluding hydrogens is 347 g/mol. The maximum atomic E-state index is 12.2. The largest absolute Gasteiger partial charge is 0.497 e. The summed E-state index contributed by atoms with van der Waals surface area (Å²) in [5, 5.41) is 10.8. The van der Waals surface area contributed by atoms with Gasteiger partial charge in [-0.3, -0.25) is 0 Å². The van der Waals surface area contributed by atoms with Crippen LogP contribution in [-0.4, -0.2) is 39.1 Å². The summed E-state index contributed by atoms with van der Waals surface area (Å²) in [7, 11) is -2.60. The van der Waals surface area contributed by atoms with Crippen LogP contribution in [0.25, 0.3) is 0 Å². The van der Waals surface area contributed by atoms with Crippen molar-refractivity contribution >= 4 is 10.0 Å². The van der Waals surface area contributed by atoms with Crippen molar-refractivity contribution < 1.29 is 31.4 Å². The van der Waals surface area contributed by atoms with Gasteiger partial charge in [-0.2, -0.15) is 13.2 Å². The third kappa shape index (κ3) is 4.84. The second kappa shape index (κ2) is 6.89. The number of sulfonamides is 1. The Morgan fingerprint density at radius 3 is 2.71 bits per heavy atom. The number of aryl methyl sites for hydroxylation is 1. The zero-order chi connectivity index (χ0) is 18.0. The molecule has 9 heteroatoms. The minimum absolute atomic E-state index is 0.327. The van der Waals surface area contributed by atoms with E-state index < -0.39 is 34.0 Å². The van der Waals surface area contributed by atoms with E-state index in [-0.39, 0.29) is 6.54 Å². The van der Waals surface area contributed by atoms with Crippen LogP contribution in [0.15, 0.2) is 18.2 Å². The molecule has 0 saturated carbocycles. The molecule has 24 heavy (non-hydrogen) atoms. The molecule has 0 bridgehead atoms. The Kier molecular flexibility index (Phi) is 5.46. The molecule has 0 heterocycles. The van der Waals surface area contributed by atoms with E-state index in [2.05, 4.69) is 4.72 Å². The molecule has 0 aliphatic heterocycles. The smallest absolute Gasteiger partial charge is 0.390 e. The lowest BCUT2D eigenvalue weighted by Gasteiger charge is -2.34. The van der Waals surface area contributed by atoms with Gasteiger partial charge >= 0.3 is 6.18 Å². The summed E-state index contributed by atoms with van der Waals surface area (Å²) in [6.45, 7) is -0.355. The maximum Gasteiger partial charge on any atom is 0.390 e. The summed E-state index contributed by atoms with van der Waals surface area (Å²) >= 11 is 0. The standard InChI is InChI=1S/C15H20F3NO4S/c1-23-12-4-5-13-11(9-12)3-2-6-14(13,20)10-19-24(21,22)8-7-15(16,17)18/h4-5,9,19-20H,2-3,6-8,10H2,1H3/t14-/m0/s1. The molecule has 1 aliphatic carbocycles. The minimum atomic E-state index is -4.54. The van der Waals surface area contributed by atoms with Crippen molar-refractivity contribution in [1.29, 1.82) is 0 Å². The summed E-state index contributed by atoms with van der Waals surface area (Å²) in [5.41, 5.74) is -0.0174. The Balaban J connectivity index is 2.10. The first-order valence-electron chi connectivity index (χ1n) is 7.48. The lowest BCUT2D eigenvalue weighted by Crippen LogP contribution is -2.43. The van der Waals surface area contributed by atoms with Crippen LogP contribution in [0, 0.1) is 0 Å². The van der Waals surface area contributed by atoms with E-state index in [9.17, 15) is 26.7 Å². The van der Waals surface area contributed by atoms with Crippen LogP contribution >= 0.6 is 0 Å². The van der Waals surface area contributed by atoms with E-state index in [1.54, 1.807) is 18.2 Å². The third-order valence-corrected chi connectivity index (χ3v) is 5.41. The molecule has 2 rings (SSSR count). The van der Waals surface area contributed by atoms with Gasteiger partial charge in [-0.05, 0) is 42.5 Å². The molecule has 136 valence electrons. The van der Waals surface area contributed by atoms with Crippen molar-refractivity contribution in [2.24, 2.45) is 0 Å². The summed E-state index contributed by atoms with van der Waals surface area (Å²) in [5.74, 6) is -0.425. The van der Waals surface area contributed by atoms with Gasteiger partial charge in [-0.15, -0.1) is 0 Å². The van der Waals surface area contributed by atoms with Gasteiger partial charge in [0.2, 0.25) is 10.0 Å². The molecule has 5 nitrogen and oxygen atoms in total. The Hall–Kier alpha value is -1.32. The summed E-state index contributed by atoms with van der Waals surface area (Å²) in [6, 6.07) is 5.10. The highest BCUT2D eigenvalue weighted by Gasteiger charge is 2.36. The summed E-state index contributed by atoms with van der Waals surface area (Å²) in [6.07, 6.45) is -4.28. The van der Waals surface area contributed by atoms with Gasteiger partial charge in [-0.25, -0.2) is 13.1 Å². The number of hydrogen-bond donors (Lipinski definition) is 2. The SMILES string of the molecule is COc1ccc2c(c1)CCC[C@]2(O)CNS(=O)(=O)CCC(F)(F)F. The molecule has 1 aromatic carbocycles. The predicted molar refractivity (Wildman–Crippen MR) is 82.3 cm³/mol. The number of rotatable bonds is 6. The quantitative estimate of drug-likeness (QED) is 0.807. The number of aliphatic hydroxyl groups is 1. The molecule has 1 aromatic rings. The van der Waals surface area contributed by atoms with Gasteiger partial charge in [-0.1, -0.05) is 6.07 Å². The average Bonchev–Trinajstić information content (AvgIpc) is 2.51. The second-order valence-corrected chi connectivity index (χ2v) is 7.84. The van der Waals surface area contributed by atoms with Gasteiger partial charge in [0, 0.05) is 6.54 Å². The van der Waals surface area contributed by atoms with Crippen LogP contribution in [-0.2, 0) is 22.0 Å². The monoisotopic (exact) mass is 367 g/mol. The van der Waals surface area contributed by atoms with E-state index >= 15 is 0 Å². The maximum absolute atomic E-state index is 12.2. The number of hydrogen-bond acceptors (Lipinski definition) is 4. The van der Waals surface area contributed by atoms with Crippen LogP contribution in [0.4, 0.5) is 13.2 Å². The van der Waals surface area contributed by atoms with E-state index in [4.69, 9.17) is 4.74 Å². The number of alkyl halides is 3. The molecule has 0 unspecified atom stereocenters. The number of halogens is 3. The number of methoxy groups -OCH3 is 1. The van der Waals surface area contributed by atoms with Gasteiger partial charge in [0.05, 0.1) is 19.3 Å².